The van der Waals surface area contributed by atoms with Crippen LogP contribution in [0.5, 0.6) is 0 Å². The van der Waals surface area contributed by atoms with Crippen molar-refractivity contribution >= 4 is 5.91 Å². The molecule has 1 fully saturated rings. The molecule has 1 aliphatic rings. The number of ether oxygens (including phenoxy) is 2. The molecule has 0 aliphatic carbocycles. The molecular formula is C10H20N2O3. The Labute approximate surface area is 90.3 Å². The van der Waals surface area contributed by atoms with E-state index in [-0.39, 0.29) is 18.1 Å². The summed E-state index contributed by atoms with van der Waals surface area (Å²) < 4.78 is 10.3. The molecule has 0 aromatic carbocycles. The largest absolute Gasteiger partial charge is 0.380 e. The van der Waals surface area contributed by atoms with Crippen LogP contribution in [-0.2, 0) is 14.3 Å². The minimum absolute atomic E-state index is 0.0103. The van der Waals surface area contributed by atoms with E-state index in [1.807, 2.05) is 13.8 Å². The van der Waals surface area contributed by atoms with Crippen molar-refractivity contribution < 1.29 is 14.3 Å². The summed E-state index contributed by atoms with van der Waals surface area (Å²) in [5.41, 5.74) is 5.23. The van der Waals surface area contributed by atoms with Gasteiger partial charge in [0, 0.05) is 19.7 Å². The van der Waals surface area contributed by atoms with E-state index in [0.29, 0.717) is 19.8 Å². The van der Waals surface area contributed by atoms with Crippen molar-refractivity contribution in [3.8, 4) is 0 Å². The van der Waals surface area contributed by atoms with Gasteiger partial charge in [0.15, 0.2) is 0 Å². The Morgan fingerprint density at radius 2 is 2.47 bits per heavy atom. The van der Waals surface area contributed by atoms with Gasteiger partial charge in [-0.3, -0.25) is 4.79 Å². The Morgan fingerprint density at radius 3 is 2.93 bits per heavy atom. The van der Waals surface area contributed by atoms with Crippen LogP contribution in [0.2, 0.25) is 0 Å². The third kappa shape index (κ3) is 2.68. The van der Waals surface area contributed by atoms with Crippen LogP contribution < -0.4 is 11.1 Å². The minimum atomic E-state index is -0.604. The molecule has 0 aromatic rings. The van der Waals surface area contributed by atoms with Crippen LogP contribution in [-0.4, -0.2) is 44.9 Å². The maximum Gasteiger partial charge on any atom is 0.230 e. The third-order valence-electron chi connectivity index (χ3n) is 2.99. The van der Waals surface area contributed by atoms with Gasteiger partial charge in [0.05, 0.1) is 24.7 Å². The molecule has 0 bridgehead atoms. The van der Waals surface area contributed by atoms with E-state index >= 15 is 0 Å². The van der Waals surface area contributed by atoms with Crippen molar-refractivity contribution in [3.63, 3.8) is 0 Å². The SMILES string of the molecule is COC(C)CNC(=O)C1(C)COCC1N. The molecule has 1 aliphatic heterocycles. The number of hydrogen-bond acceptors (Lipinski definition) is 4. The van der Waals surface area contributed by atoms with Crippen molar-refractivity contribution in [2.75, 3.05) is 26.9 Å². The van der Waals surface area contributed by atoms with Gasteiger partial charge in [-0.05, 0) is 13.8 Å². The summed E-state index contributed by atoms with van der Waals surface area (Å²) in [6, 6.07) is -0.227. The highest BCUT2D eigenvalue weighted by Crippen LogP contribution is 2.26. The summed E-state index contributed by atoms with van der Waals surface area (Å²) in [7, 11) is 1.61. The van der Waals surface area contributed by atoms with Gasteiger partial charge in [0.2, 0.25) is 5.91 Å². The Kier molecular flexibility index (Phi) is 4.07. The molecule has 5 heteroatoms. The Hall–Kier alpha value is -0.650. The first-order valence-electron chi connectivity index (χ1n) is 5.15. The number of methoxy groups -OCH3 is 1. The molecule has 3 unspecified atom stereocenters. The Balaban J connectivity index is 2.46. The maximum atomic E-state index is 11.9. The van der Waals surface area contributed by atoms with Crippen LogP contribution in [0.4, 0.5) is 0 Å². The highest BCUT2D eigenvalue weighted by atomic mass is 16.5. The lowest BCUT2D eigenvalue weighted by atomic mass is 9.85. The summed E-state index contributed by atoms with van der Waals surface area (Å²) in [6.07, 6.45) is 0.0103. The third-order valence-corrected chi connectivity index (χ3v) is 2.99. The predicted octanol–water partition coefficient (Wildman–Crippen LogP) is -0.499. The first-order chi connectivity index (χ1) is 7.00. The van der Waals surface area contributed by atoms with Crippen LogP contribution in [0.3, 0.4) is 0 Å². The number of rotatable bonds is 4. The van der Waals surface area contributed by atoms with Crippen LogP contribution in [0.15, 0.2) is 0 Å². The normalized spacial score (nSPS) is 32.7. The molecular weight excluding hydrogens is 196 g/mol. The smallest absolute Gasteiger partial charge is 0.230 e. The molecule has 3 N–H and O–H groups in total. The fourth-order valence-corrected chi connectivity index (χ4v) is 1.44. The molecule has 1 saturated heterocycles. The van der Waals surface area contributed by atoms with Crippen LogP contribution >= 0.6 is 0 Å². The number of nitrogens with one attached hydrogen (secondary N) is 1. The fraction of sp³-hybridized carbons (Fsp3) is 0.900. The molecule has 88 valence electrons. The lowest BCUT2D eigenvalue weighted by Gasteiger charge is -2.26. The first-order valence-corrected chi connectivity index (χ1v) is 5.15. The van der Waals surface area contributed by atoms with Crippen molar-refractivity contribution in [3.05, 3.63) is 0 Å². The van der Waals surface area contributed by atoms with Gasteiger partial charge in [-0.1, -0.05) is 0 Å². The molecule has 0 saturated carbocycles. The summed E-state index contributed by atoms with van der Waals surface area (Å²) >= 11 is 0. The second-order valence-corrected chi connectivity index (χ2v) is 4.30. The predicted molar refractivity (Wildman–Crippen MR) is 56.4 cm³/mol. The minimum Gasteiger partial charge on any atom is -0.380 e. The lowest BCUT2D eigenvalue weighted by Crippen LogP contribution is -2.51. The monoisotopic (exact) mass is 216 g/mol. The second kappa shape index (κ2) is 4.92. The summed E-state index contributed by atoms with van der Waals surface area (Å²) in [5.74, 6) is -0.0589. The molecule has 0 aromatic heterocycles. The highest BCUT2D eigenvalue weighted by molar-refractivity contribution is 5.83. The molecule has 15 heavy (non-hydrogen) atoms. The Bertz CT molecular complexity index is 235. The van der Waals surface area contributed by atoms with Gasteiger partial charge in [-0.25, -0.2) is 0 Å². The zero-order valence-electron chi connectivity index (χ0n) is 9.58. The lowest BCUT2D eigenvalue weighted by molar-refractivity contribution is -0.131. The average Bonchev–Trinajstić information content (AvgIpc) is 2.56. The quantitative estimate of drug-likeness (QED) is 0.664. The molecule has 0 spiro atoms. The molecule has 5 nitrogen and oxygen atoms in total. The van der Waals surface area contributed by atoms with Gasteiger partial charge < -0.3 is 20.5 Å². The van der Waals surface area contributed by atoms with Crippen LogP contribution in [0.1, 0.15) is 13.8 Å². The second-order valence-electron chi connectivity index (χ2n) is 4.30. The van der Waals surface area contributed by atoms with E-state index in [1.54, 1.807) is 7.11 Å². The van der Waals surface area contributed by atoms with E-state index in [9.17, 15) is 4.79 Å². The van der Waals surface area contributed by atoms with Crippen LogP contribution in [0.25, 0.3) is 0 Å². The summed E-state index contributed by atoms with van der Waals surface area (Å²) in [6.45, 7) is 5.06. The van der Waals surface area contributed by atoms with Crippen molar-refractivity contribution in [1.82, 2.24) is 5.32 Å². The van der Waals surface area contributed by atoms with Crippen molar-refractivity contribution in [1.29, 1.82) is 0 Å². The molecule has 1 heterocycles. The number of amides is 1. The molecule has 1 rings (SSSR count). The van der Waals surface area contributed by atoms with E-state index in [0.717, 1.165) is 0 Å². The van der Waals surface area contributed by atoms with E-state index < -0.39 is 5.41 Å². The highest BCUT2D eigenvalue weighted by Gasteiger charge is 2.44. The fourth-order valence-electron chi connectivity index (χ4n) is 1.44. The zero-order valence-corrected chi connectivity index (χ0v) is 9.58. The van der Waals surface area contributed by atoms with Gasteiger partial charge in [-0.2, -0.15) is 0 Å². The summed E-state index contributed by atoms with van der Waals surface area (Å²) in [4.78, 5) is 11.9. The number of carbonyl (C=O) groups is 1. The summed E-state index contributed by atoms with van der Waals surface area (Å²) in [5, 5.41) is 2.82. The topological polar surface area (TPSA) is 73.6 Å². The maximum absolute atomic E-state index is 11.9. The number of hydrogen-bond donors (Lipinski definition) is 2. The average molecular weight is 216 g/mol. The first kappa shape index (κ1) is 12.4. The number of nitrogens with two attached hydrogens (primary N) is 1. The van der Waals surface area contributed by atoms with Gasteiger partial charge >= 0.3 is 0 Å². The zero-order chi connectivity index (χ0) is 11.5. The van der Waals surface area contributed by atoms with Gasteiger partial charge in [-0.15, -0.1) is 0 Å². The van der Waals surface area contributed by atoms with Gasteiger partial charge in [0.1, 0.15) is 0 Å². The van der Waals surface area contributed by atoms with Gasteiger partial charge in [0.25, 0.3) is 0 Å². The van der Waals surface area contributed by atoms with Crippen molar-refractivity contribution in [2.24, 2.45) is 11.1 Å². The Morgan fingerprint density at radius 1 is 1.80 bits per heavy atom. The molecule has 0 radical (unpaired) electrons. The van der Waals surface area contributed by atoms with E-state index in [1.165, 1.54) is 0 Å². The van der Waals surface area contributed by atoms with Crippen LogP contribution in [0, 0.1) is 5.41 Å². The van der Waals surface area contributed by atoms with E-state index in [4.69, 9.17) is 15.2 Å². The van der Waals surface area contributed by atoms with E-state index in [2.05, 4.69) is 5.32 Å². The van der Waals surface area contributed by atoms with Crippen molar-refractivity contribution in [2.45, 2.75) is 26.0 Å². The standard InChI is InChI=1S/C10H20N2O3/c1-7(14-3)4-12-9(13)10(2)6-15-5-8(10)11/h7-8H,4-6,11H2,1-3H3,(H,12,13). The molecule has 1 amide bonds. The molecule has 3 atom stereocenters. The number of carbonyl (C=O) groups excluding carboxylic acids is 1.